The summed E-state index contributed by atoms with van der Waals surface area (Å²) >= 11 is 3.12. The Hall–Kier alpha value is -4.23. The smallest absolute Gasteiger partial charge is 0.212 e. The zero-order chi connectivity index (χ0) is 26.2. The van der Waals surface area contributed by atoms with Gasteiger partial charge in [0.05, 0.1) is 14.2 Å². The number of methoxy groups -OCH3 is 2. The molecule has 0 saturated heterocycles. The Morgan fingerprint density at radius 2 is 1.62 bits per heavy atom. The van der Waals surface area contributed by atoms with Gasteiger partial charge in [-0.1, -0.05) is 52.3 Å². The summed E-state index contributed by atoms with van der Waals surface area (Å²) in [6.07, 6.45) is 3.39. The maximum atomic E-state index is 12.7. The average Bonchev–Trinajstić information content (AvgIpc) is 3.43. The number of benzene rings is 4. The predicted octanol–water partition coefficient (Wildman–Crippen LogP) is 7.38. The third-order valence-electron chi connectivity index (χ3n) is 5.52. The first-order valence-corrected chi connectivity index (χ1v) is 12.2. The number of aromatic nitrogens is 2. The van der Waals surface area contributed by atoms with E-state index in [-0.39, 0.29) is 11.6 Å². The number of ketones is 1. The van der Waals surface area contributed by atoms with Gasteiger partial charge in [0.2, 0.25) is 5.78 Å². The molecule has 1 heterocycles. The summed E-state index contributed by atoms with van der Waals surface area (Å²) in [6, 6.07) is 29.2. The molecule has 0 amide bonds. The van der Waals surface area contributed by atoms with Gasteiger partial charge in [-0.2, -0.15) is 0 Å². The number of halogens is 2. The zero-order valence-electron chi connectivity index (χ0n) is 20.3. The second-order valence-electron chi connectivity index (χ2n) is 7.91. The number of nitrogens with zero attached hydrogens (tertiary/aromatic N) is 2. The second-order valence-corrected chi connectivity index (χ2v) is 8.83. The molecule has 1 aromatic heterocycles. The van der Waals surface area contributed by atoms with Crippen LogP contribution in [-0.2, 0) is 0 Å². The molecule has 5 rings (SSSR count). The van der Waals surface area contributed by atoms with Gasteiger partial charge in [-0.3, -0.25) is 4.79 Å². The van der Waals surface area contributed by atoms with Crippen molar-refractivity contribution in [2.75, 3.05) is 14.2 Å². The molecular formula is C30H24BrFN2O3. The van der Waals surface area contributed by atoms with Gasteiger partial charge in [0.1, 0.15) is 29.3 Å². The molecule has 37 heavy (non-hydrogen) atoms. The molecule has 7 heteroatoms. The number of hydrogen-bond acceptors (Lipinski definition) is 4. The molecule has 0 aliphatic carbocycles. The van der Waals surface area contributed by atoms with Crippen molar-refractivity contribution in [3.05, 3.63) is 131 Å². The van der Waals surface area contributed by atoms with Gasteiger partial charge in [0, 0.05) is 27.5 Å². The molecule has 4 aromatic carbocycles. The average molecular weight is 559 g/mol. The van der Waals surface area contributed by atoms with Crippen LogP contribution in [0.15, 0.2) is 114 Å². The van der Waals surface area contributed by atoms with E-state index in [0.717, 1.165) is 27.0 Å². The Kier molecular flexibility index (Phi) is 8.48. The van der Waals surface area contributed by atoms with Gasteiger partial charge in [0.15, 0.2) is 0 Å². The molecule has 0 unspecified atom stereocenters. The van der Waals surface area contributed by atoms with Crippen molar-refractivity contribution in [1.29, 1.82) is 0 Å². The number of ether oxygens (including phenoxy) is 2. The third-order valence-corrected chi connectivity index (χ3v) is 6.01. The van der Waals surface area contributed by atoms with Crippen LogP contribution in [0.4, 0.5) is 4.39 Å². The zero-order valence-corrected chi connectivity index (χ0v) is 21.9. The minimum absolute atomic E-state index is 0.132. The monoisotopic (exact) mass is 558 g/mol. The van der Waals surface area contributed by atoms with Crippen molar-refractivity contribution < 1.29 is 18.7 Å². The molecule has 0 radical (unpaired) electrons. The van der Waals surface area contributed by atoms with E-state index in [9.17, 15) is 9.18 Å². The highest BCUT2D eigenvalue weighted by molar-refractivity contribution is 9.10. The van der Waals surface area contributed by atoms with E-state index in [0.29, 0.717) is 17.0 Å². The Morgan fingerprint density at radius 3 is 2.30 bits per heavy atom. The molecule has 0 bridgehead atoms. The van der Waals surface area contributed by atoms with Crippen molar-refractivity contribution in [3.63, 3.8) is 0 Å². The van der Waals surface area contributed by atoms with E-state index in [4.69, 9.17) is 9.47 Å². The summed E-state index contributed by atoms with van der Waals surface area (Å²) < 4.78 is 25.4. The van der Waals surface area contributed by atoms with Crippen LogP contribution in [0.5, 0.6) is 11.5 Å². The van der Waals surface area contributed by atoms with Crippen molar-refractivity contribution >= 4 is 21.7 Å². The fourth-order valence-corrected chi connectivity index (χ4v) is 4.02. The highest BCUT2D eigenvalue weighted by Crippen LogP contribution is 2.30. The number of rotatable bonds is 6. The molecule has 0 atom stereocenters. The minimum atomic E-state index is -0.209. The molecule has 0 saturated carbocycles. The van der Waals surface area contributed by atoms with E-state index < -0.39 is 0 Å². The topological polar surface area (TPSA) is 53.4 Å². The summed E-state index contributed by atoms with van der Waals surface area (Å²) in [5.74, 6) is 1.18. The van der Waals surface area contributed by atoms with Crippen LogP contribution in [0.1, 0.15) is 16.1 Å². The van der Waals surface area contributed by atoms with Gasteiger partial charge < -0.3 is 14.0 Å². The Balaban J connectivity index is 0.000000342. The second kappa shape index (κ2) is 12.1. The van der Waals surface area contributed by atoms with Gasteiger partial charge >= 0.3 is 0 Å². The molecule has 0 fully saturated rings. The summed E-state index contributed by atoms with van der Waals surface area (Å²) in [6.45, 7) is 0. The first kappa shape index (κ1) is 25.9. The van der Waals surface area contributed by atoms with Crippen LogP contribution in [0.3, 0.4) is 0 Å². The molecule has 0 aliphatic rings. The Bertz CT molecular complexity index is 1480. The van der Waals surface area contributed by atoms with Crippen molar-refractivity contribution in [2.24, 2.45) is 0 Å². The maximum absolute atomic E-state index is 12.7. The molecule has 0 aliphatic heterocycles. The Morgan fingerprint density at radius 1 is 0.865 bits per heavy atom. The first-order chi connectivity index (χ1) is 18.0. The molecule has 5 aromatic rings. The lowest BCUT2D eigenvalue weighted by molar-refractivity contribution is 0.103. The number of para-hydroxylation sites is 1. The van der Waals surface area contributed by atoms with Crippen LogP contribution in [0.25, 0.3) is 16.8 Å². The summed E-state index contributed by atoms with van der Waals surface area (Å²) in [5, 5.41) is 0. The van der Waals surface area contributed by atoms with Crippen LogP contribution < -0.4 is 9.47 Å². The van der Waals surface area contributed by atoms with E-state index >= 15 is 0 Å². The van der Waals surface area contributed by atoms with E-state index in [1.807, 2.05) is 53.1 Å². The minimum Gasteiger partial charge on any atom is -0.497 e. The number of imidazole rings is 1. The van der Waals surface area contributed by atoms with Crippen LogP contribution in [0, 0.1) is 5.82 Å². The largest absolute Gasteiger partial charge is 0.497 e. The Labute approximate surface area is 223 Å². The molecule has 0 N–H and O–H groups in total. The lowest BCUT2D eigenvalue weighted by atomic mass is 10.0. The van der Waals surface area contributed by atoms with Crippen molar-refractivity contribution in [1.82, 2.24) is 9.55 Å². The number of hydrogen-bond donors (Lipinski definition) is 0. The van der Waals surface area contributed by atoms with Gasteiger partial charge in [-0.25, -0.2) is 9.37 Å². The van der Waals surface area contributed by atoms with Gasteiger partial charge in [-0.15, -0.1) is 0 Å². The number of carbonyl (C=O) groups excluding carboxylic acids is 1. The molecule has 5 nitrogen and oxygen atoms in total. The predicted molar refractivity (Wildman–Crippen MR) is 146 cm³/mol. The summed E-state index contributed by atoms with van der Waals surface area (Å²) in [7, 11) is 3.26. The van der Waals surface area contributed by atoms with Crippen molar-refractivity contribution in [2.45, 2.75) is 0 Å². The highest BCUT2D eigenvalue weighted by atomic mass is 79.9. The first-order valence-electron chi connectivity index (χ1n) is 11.4. The van der Waals surface area contributed by atoms with E-state index in [1.54, 1.807) is 63.1 Å². The highest BCUT2D eigenvalue weighted by Gasteiger charge is 2.13. The van der Waals surface area contributed by atoms with E-state index in [2.05, 4.69) is 20.9 Å². The normalized spacial score (nSPS) is 10.3. The summed E-state index contributed by atoms with van der Waals surface area (Å²) in [5.41, 5.74) is 3.90. The standard InChI is InChI=1S/C24H20N2O3.C6H4BrF/c1-28-20-12-10-17(11-13-20)24(27)22-15-26(16-25-22)19-7-5-6-18(14-19)21-8-3-4-9-23(21)29-2;7-5-2-1-3-6(8)4-5/h3-16H,1-2H3;1-4H. The van der Waals surface area contributed by atoms with Crippen LogP contribution in [0.2, 0.25) is 0 Å². The van der Waals surface area contributed by atoms with Crippen LogP contribution >= 0.6 is 15.9 Å². The lowest BCUT2D eigenvalue weighted by Gasteiger charge is -2.10. The van der Waals surface area contributed by atoms with Crippen molar-refractivity contribution in [3.8, 4) is 28.3 Å². The SMILES string of the molecule is COc1ccc(C(=O)c2cn(-c3cccc(-c4ccccc4OC)c3)cn2)cc1.Fc1cccc(Br)c1. The third kappa shape index (κ3) is 6.51. The fraction of sp³-hybridized carbons (Fsp3) is 0.0667. The van der Waals surface area contributed by atoms with Crippen LogP contribution in [-0.4, -0.2) is 29.6 Å². The van der Waals surface area contributed by atoms with Gasteiger partial charge in [-0.05, 0) is 66.2 Å². The maximum Gasteiger partial charge on any atom is 0.212 e. The molecule has 0 spiro atoms. The molecule has 186 valence electrons. The quantitative estimate of drug-likeness (QED) is 0.204. The lowest BCUT2D eigenvalue weighted by Crippen LogP contribution is -2.01. The van der Waals surface area contributed by atoms with E-state index in [1.165, 1.54) is 12.1 Å². The van der Waals surface area contributed by atoms with Gasteiger partial charge in [0.25, 0.3) is 0 Å². The number of carbonyl (C=O) groups is 1. The molecular weight excluding hydrogens is 535 g/mol. The summed E-state index contributed by atoms with van der Waals surface area (Å²) in [4.78, 5) is 17.0. The fourth-order valence-electron chi connectivity index (χ4n) is 3.65.